The summed E-state index contributed by atoms with van der Waals surface area (Å²) < 4.78 is 0. The molecular weight excluding hydrogens is 338 g/mol. The number of carbonyl (C=O) groups is 1. The standard InChI is InChI=1S/C22H25N3O2/c1-3-22(10-5-4-6-11-22)25-12-9-16(15(2)13-25)19-17(21(26)27)7-8-18-20(19)24-14-23-18/h4-10,14-15H,3,11-13H2,1-2H3,(H,23,24)(H,26,27). The Bertz CT molecular complexity index is 969. The molecule has 2 aromatic rings. The zero-order chi connectivity index (χ0) is 19.0. The van der Waals surface area contributed by atoms with Crippen molar-refractivity contribution in [2.75, 3.05) is 13.1 Å². The van der Waals surface area contributed by atoms with Crippen molar-refractivity contribution in [2.45, 2.75) is 32.2 Å². The fourth-order valence-corrected chi connectivity index (χ4v) is 4.48. The Morgan fingerprint density at radius 1 is 1.41 bits per heavy atom. The molecular formula is C22H25N3O2. The predicted molar refractivity (Wildman–Crippen MR) is 108 cm³/mol. The molecule has 0 bridgehead atoms. The second-order valence-electron chi connectivity index (χ2n) is 7.51. The number of aromatic amines is 1. The number of H-pyrrole nitrogens is 1. The number of hydrogen-bond acceptors (Lipinski definition) is 3. The molecule has 1 aromatic heterocycles. The van der Waals surface area contributed by atoms with E-state index in [0.29, 0.717) is 5.56 Å². The summed E-state index contributed by atoms with van der Waals surface area (Å²) >= 11 is 0. The van der Waals surface area contributed by atoms with Crippen molar-refractivity contribution < 1.29 is 9.90 Å². The molecule has 2 atom stereocenters. The van der Waals surface area contributed by atoms with Gasteiger partial charge in [0.2, 0.25) is 0 Å². The summed E-state index contributed by atoms with van der Waals surface area (Å²) in [6, 6.07) is 3.47. The van der Waals surface area contributed by atoms with E-state index in [9.17, 15) is 9.90 Å². The van der Waals surface area contributed by atoms with E-state index >= 15 is 0 Å². The summed E-state index contributed by atoms with van der Waals surface area (Å²) in [7, 11) is 0. The zero-order valence-electron chi connectivity index (χ0n) is 15.8. The maximum Gasteiger partial charge on any atom is 0.336 e. The molecule has 1 aliphatic carbocycles. The van der Waals surface area contributed by atoms with Crippen molar-refractivity contribution in [1.82, 2.24) is 14.9 Å². The summed E-state index contributed by atoms with van der Waals surface area (Å²) in [6.45, 7) is 6.13. The van der Waals surface area contributed by atoms with Crippen LogP contribution >= 0.6 is 0 Å². The Hall–Kier alpha value is -2.66. The largest absolute Gasteiger partial charge is 0.478 e. The van der Waals surface area contributed by atoms with Gasteiger partial charge in [-0.15, -0.1) is 0 Å². The molecule has 2 heterocycles. The topological polar surface area (TPSA) is 69.2 Å². The average molecular weight is 363 g/mol. The zero-order valence-corrected chi connectivity index (χ0v) is 15.8. The van der Waals surface area contributed by atoms with Gasteiger partial charge < -0.3 is 10.1 Å². The minimum absolute atomic E-state index is 0.0546. The van der Waals surface area contributed by atoms with Crippen molar-refractivity contribution in [3.8, 4) is 0 Å². The number of fused-ring (bicyclic) bond motifs is 1. The summed E-state index contributed by atoms with van der Waals surface area (Å²) in [5, 5.41) is 9.72. The smallest absolute Gasteiger partial charge is 0.336 e. The molecule has 1 aliphatic heterocycles. The molecule has 5 heteroatoms. The average Bonchev–Trinajstić information content (AvgIpc) is 3.16. The van der Waals surface area contributed by atoms with E-state index in [1.165, 1.54) is 0 Å². The van der Waals surface area contributed by atoms with Gasteiger partial charge in [-0.2, -0.15) is 0 Å². The van der Waals surface area contributed by atoms with E-state index in [-0.39, 0.29) is 11.5 Å². The first-order valence-electron chi connectivity index (χ1n) is 9.55. The van der Waals surface area contributed by atoms with E-state index in [2.05, 4.69) is 59.1 Å². The highest BCUT2D eigenvalue weighted by molar-refractivity contribution is 6.02. The van der Waals surface area contributed by atoms with Gasteiger partial charge in [-0.05, 0) is 36.5 Å². The molecule has 2 unspecified atom stereocenters. The van der Waals surface area contributed by atoms with E-state index in [4.69, 9.17) is 0 Å². The van der Waals surface area contributed by atoms with E-state index in [1.807, 2.05) is 0 Å². The van der Waals surface area contributed by atoms with Crippen LogP contribution in [0.4, 0.5) is 0 Å². The number of hydrogen-bond donors (Lipinski definition) is 2. The summed E-state index contributed by atoms with van der Waals surface area (Å²) in [5.74, 6) is -0.683. The van der Waals surface area contributed by atoms with E-state index in [1.54, 1.807) is 18.5 Å². The van der Waals surface area contributed by atoms with Crippen LogP contribution < -0.4 is 0 Å². The molecule has 27 heavy (non-hydrogen) atoms. The SMILES string of the molecule is CCC1(N2CC=C(c3c(C(=O)O)ccc4[nH]cnc34)C(C)C2)C=CC=CC1. The first-order chi connectivity index (χ1) is 13.1. The molecule has 1 aromatic carbocycles. The Labute approximate surface area is 159 Å². The van der Waals surface area contributed by atoms with Crippen LogP contribution in [0.2, 0.25) is 0 Å². The van der Waals surface area contributed by atoms with Crippen molar-refractivity contribution in [2.24, 2.45) is 5.92 Å². The van der Waals surface area contributed by atoms with Gasteiger partial charge >= 0.3 is 5.97 Å². The molecule has 0 radical (unpaired) electrons. The van der Waals surface area contributed by atoms with Gasteiger partial charge in [0.05, 0.1) is 22.9 Å². The number of nitrogens with zero attached hydrogens (tertiary/aromatic N) is 2. The molecule has 140 valence electrons. The summed E-state index contributed by atoms with van der Waals surface area (Å²) in [6.07, 6.45) is 14.7. The van der Waals surface area contributed by atoms with Gasteiger partial charge in [-0.25, -0.2) is 9.78 Å². The van der Waals surface area contributed by atoms with Gasteiger partial charge in [0.25, 0.3) is 0 Å². The molecule has 0 fully saturated rings. The molecule has 0 saturated carbocycles. The molecule has 0 spiro atoms. The normalized spacial score (nSPS) is 25.7. The van der Waals surface area contributed by atoms with Crippen molar-refractivity contribution in [3.05, 3.63) is 60.0 Å². The number of aromatic nitrogens is 2. The molecule has 5 nitrogen and oxygen atoms in total. The van der Waals surface area contributed by atoms with Gasteiger partial charge in [-0.1, -0.05) is 44.2 Å². The monoisotopic (exact) mass is 363 g/mol. The van der Waals surface area contributed by atoms with Gasteiger partial charge in [0.15, 0.2) is 0 Å². The number of carboxylic acids is 1. The minimum Gasteiger partial charge on any atom is -0.478 e. The minimum atomic E-state index is -0.907. The van der Waals surface area contributed by atoms with Crippen LogP contribution in [0, 0.1) is 5.92 Å². The Morgan fingerprint density at radius 2 is 2.26 bits per heavy atom. The van der Waals surface area contributed by atoms with Crippen LogP contribution in [0.15, 0.2) is 48.8 Å². The van der Waals surface area contributed by atoms with E-state index < -0.39 is 5.97 Å². The van der Waals surface area contributed by atoms with Gasteiger partial charge in [0.1, 0.15) is 0 Å². The second kappa shape index (κ2) is 6.82. The highest BCUT2D eigenvalue weighted by Crippen LogP contribution is 2.38. The lowest BCUT2D eigenvalue weighted by molar-refractivity contribution is 0.0696. The van der Waals surface area contributed by atoms with E-state index in [0.717, 1.165) is 48.1 Å². The maximum absolute atomic E-state index is 11.9. The van der Waals surface area contributed by atoms with Crippen LogP contribution in [0.3, 0.4) is 0 Å². The Morgan fingerprint density at radius 3 is 2.93 bits per heavy atom. The fourth-order valence-electron chi connectivity index (χ4n) is 4.48. The quantitative estimate of drug-likeness (QED) is 0.851. The summed E-state index contributed by atoms with van der Waals surface area (Å²) in [5.41, 5.74) is 3.84. The lowest BCUT2D eigenvalue weighted by atomic mass is 9.81. The fraction of sp³-hybridized carbons (Fsp3) is 0.364. The summed E-state index contributed by atoms with van der Waals surface area (Å²) in [4.78, 5) is 21.9. The van der Waals surface area contributed by atoms with Crippen molar-refractivity contribution in [3.63, 3.8) is 0 Å². The number of imidazole rings is 1. The lowest BCUT2D eigenvalue weighted by Crippen LogP contribution is -2.50. The van der Waals surface area contributed by atoms with Crippen LogP contribution in [0.1, 0.15) is 42.6 Å². The number of nitrogens with one attached hydrogen (secondary N) is 1. The third-order valence-electron chi connectivity index (χ3n) is 6.03. The molecule has 2 N–H and O–H groups in total. The molecule has 0 saturated heterocycles. The number of allylic oxidation sites excluding steroid dienone is 2. The lowest BCUT2D eigenvalue weighted by Gasteiger charge is -2.45. The highest BCUT2D eigenvalue weighted by Gasteiger charge is 2.36. The number of carboxylic acid groups (broad SMARTS) is 1. The van der Waals surface area contributed by atoms with Crippen molar-refractivity contribution >= 4 is 22.6 Å². The number of benzene rings is 1. The first-order valence-corrected chi connectivity index (χ1v) is 9.55. The Kier molecular flexibility index (Phi) is 4.48. The van der Waals surface area contributed by atoms with Crippen LogP contribution in [0.5, 0.6) is 0 Å². The Balaban J connectivity index is 1.75. The third kappa shape index (κ3) is 2.92. The molecule has 2 aliphatic rings. The molecule has 4 rings (SSSR count). The highest BCUT2D eigenvalue weighted by atomic mass is 16.4. The van der Waals surface area contributed by atoms with Crippen LogP contribution in [-0.2, 0) is 0 Å². The maximum atomic E-state index is 11.9. The second-order valence-corrected chi connectivity index (χ2v) is 7.51. The number of aromatic carboxylic acids is 1. The molecule has 0 amide bonds. The predicted octanol–water partition coefficient (Wildman–Crippen LogP) is 4.26. The number of rotatable bonds is 4. The van der Waals surface area contributed by atoms with Gasteiger partial charge in [0, 0.05) is 24.2 Å². The van der Waals surface area contributed by atoms with Gasteiger partial charge in [-0.3, -0.25) is 4.90 Å². The van der Waals surface area contributed by atoms with Crippen LogP contribution in [-0.4, -0.2) is 44.6 Å². The third-order valence-corrected chi connectivity index (χ3v) is 6.03. The van der Waals surface area contributed by atoms with Crippen molar-refractivity contribution in [1.29, 1.82) is 0 Å². The van der Waals surface area contributed by atoms with Crippen LogP contribution in [0.25, 0.3) is 16.6 Å². The first kappa shape index (κ1) is 17.7.